The average molecular weight is 378 g/mol. The molecule has 1 saturated heterocycles. The molecule has 1 aliphatic heterocycles. The number of hydrogen-bond acceptors (Lipinski definition) is 5. The number of nitriles is 1. The van der Waals surface area contributed by atoms with Crippen molar-refractivity contribution in [1.29, 1.82) is 5.26 Å². The lowest BCUT2D eigenvalue weighted by Gasteiger charge is -2.42. The molecule has 1 saturated carbocycles. The van der Waals surface area contributed by atoms with Gasteiger partial charge in [-0.15, -0.1) is 0 Å². The van der Waals surface area contributed by atoms with Crippen LogP contribution in [-0.2, 0) is 11.2 Å². The molecule has 0 bridgehead atoms. The van der Waals surface area contributed by atoms with Gasteiger partial charge in [-0.3, -0.25) is 14.7 Å². The normalized spacial score (nSPS) is 19.4. The van der Waals surface area contributed by atoms with Crippen molar-refractivity contribution in [1.82, 2.24) is 25.0 Å². The maximum Gasteiger partial charge on any atom is 0.254 e. The van der Waals surface area contributed by atoms with Crippen LogP contribution in [0.25, 0.3) is 0 Å². The number of aromatic amines is 1. The van der Waals surface area contributed by atoms with Crippen molar-refractivity contribution < 1.29 is 9.59 Å². The van der Waals surface area contributed by atoms with E-state index in [-0.39, 0.29) is 24.3 Å². The number of piperazine rings is 1. The molecule has 2 amide bonds. The SMILES string of the molecule is Cc1nc(CC(=O)N2CCN(C(=O)c3ccc(C#N)cc3)C(C3CC3)C2)n[nH]1. The van der Waals surface area contributed by atoms with Gasteiger partial charge in [-0.2, -0.15) is 10.4 Å². The van der Waals surface area contributed by atoms with E-state index >= 15 is 0 Å². The van der Waals surface area contributed by atoms with E-state index in [0.717, 1.165) is 12.8 Å². The van der Waals surface area contributed by atoms with E-state index in [0.29, 0.717) is 48.3 Å². The third kappa shape index (κ3) is 3.74. The van der Waals surface area contributed by atoms with Gasteiger partial charge in [0, 0.05) is 25.2 Å². The number of benzene rings is 1. The Morgan fingerprint density at radius 2 is 2.00 bits per heavy atom. The maximum absolute atomic E-state index is 13.0. The van der Waals surface area contributed by atoms with E-state index in [1.165, 1.54) is 0 Å². The Balaban J connectivity index is 1.45. The highest BCUT2D eigenvalue weighted by atomic mass is 16.2. The lowest BCUT2D eigenvalue weighted by molar-refractivity contribution is -0.133. The molecular formula is C20H22N6O2. The van der Waals surface area contributed by atoms with E-state index in [2.05, 4.69) is 21.3 Å². The fourth-order valence-electron chi connectivity index (χ4n) is 3.74. The number of hydrogen-bond donors (Lipinski definition) is 1. The van der Waals surface area contributed by atoms with Crippen molar-refractivity contribution in [2.45, 2.75) is 32.2 Å². The number of H-pyrrole nitrogens is 1. The van der Waals surface area contributed by atoms with Gasteiger partial charge < -0.3 is 9.80 Å². The van der Waals surface area contributed by atoms with E-state index in [9.17, 15) is 9.59 Å². The number of rotatable bonds is 4. The first kappa shape index (κ1) is 18.2. The summed E-state index contributed by atoms with van der Waals surface area (Å²) in [6.45, 7) is 3.37. The second kappa shape index (κ2) is 7.43. The first-order chi connectivity index (χ1) is 13.5. The summed E-state index contributed by atoms with van der Waals surface area (Å²) in [5.74, 6) is 1.61. The Kier molecular flexibility index (Phi) is 4.82. The molecule has 2 aliphatic rings. The maximum atomic E-state index is 13.0. The van der Waals surface area contributed by atoms with Crippen LogP contribution in [0.4, 0.5) is 0 Å². The van der Waals surface area contributed by atoms with Crippen LogP contribution in [0.1, 0.15) is 40.4 Å². The van der Waals surface area contributed by atoms with Crippen LogP contribution in [0.2, 0.25) is 0 Å². The minimum atomic E-state index is -0.0296. The molecule has 4 rings (SSSR count). The van der Waals surface area contributed by atoms with E-state index in [1.54, 1.807) is 31.2 Å². The molecule has 1 aliphatic carbocycles. The highest BCUT2D eigenvalue weighted by Gasteiger charge is 2.42. The van der Waals surface area contributed by atoms with Crippen LogP contribution < -0.4 is 0 Å². The topological polar surface area (TPSA) is 106 Å². The molecule has 0 spiro atoms. The Labute approximate surface area is 163 Å². The predicted octanol–water partition coefficient (Wildman–Crippen LogP) is 1.29. The minimum absolute atomic E-state index is 0.00452. The minimum Gasteiger partial charge on any atom is -0.338 e. The zero-order valence-electron chi connectivity index (χ0n) is 15.8. The third-order valence-corrected chi connectivity index (χ3v) is 5.41. The highest BCUT2D eigenvalue weighted by molar-refractivity contribution is 5.94. The fraction of sp³-hybridized carbons (Fsp3) is 0.450. The first-order valence-electron chi connectivity index (χ1n) is 9.52. The van der Waals surface area contributed by atoms with E-state index in [4.69, 9.17) is 5.26 Å². The number of nitrogens with one attached hydrogen (secondary N) is 1. The summed E-state index contributed by atoms with van der Waals surface area (Å²) < 4.78 is 0. The Bertz CT molecular complexity index is 925. The second-order valence-corrected chi connectivity index (χ2v) is 7.45. The second-order valence-electron chi connectivity index (χ2n) is 7.45. The van der Waals surface area contributed by atoms with Gasteiger partial charge in [-0.05, 0) is 49.9 Å². The van der Waals surface area contributed by atoms with Crippen molar-refractivity contribution >= 4 is 11.8 Å². The van der Waals surface area contributed by atoms with Crippen LogP contribution in [0.15, 0.2) is 24.3 Å². The predicted molar refractivity (Wildman–Crippen MR) is 100 cm³/mol. The van der Waals surface area contributed by atoms with Crippen LogP contribution in [0.3, 0.4) is 0 Å². The smallest absolute Gasteiger partial charge is 0.254 e. The molecule has 1 N–H and O–H groups in total. The molecule has 2 fully saturated rings. The number of aromatic nitrogens is 3. The largest absolute Gasteiger partial charge is 0.338 e. The van der Waals surface area contributed by atoms with Crippen molar-refractivity contribution in [3.63, 3.8) is 0 Å². The quantitative estimate of drug-likeness (QED) is 0.863. The Hall–Kier alpha value is -3.21. The summed E-state index contributed by atoms with van der Waals surface area (Å²) >= 11 is 0. The van der Waals surface area contributed by atoms with Gasteiger partial charge in [-0.1, -0.05) is 0 Å². The Morgan fingerprint density at radius 3 is 2.61 bits per heavy atom. The van der Waals surface area contributed by atoms with Crippen LogP contribution >= 0.6 is 0 Å². The van der Waals surface area contributed by atoms with Crippen molar-refractivity contribution in [2.24, 2.45) is 5.92 Å². The number of carbonyl (C=O) groups excluding carboxylic acids is 2. The zero-order valence-corrected chi connectivity index (χ0v) is 15.8. The van der Waals surface area contributed by atoms with Gasteiger partial charge in [0.25, 0.3) is 5.91 Å². The summed E-state index contributed by atoms with van der Waals surface area (Å²) in [6.07, 6.45) is 2.35. The zero-order chi connectivity index (χ0) is 19.7. The highest BCUT2D eigenvalue weighted by Crippen LogP contribution is 2.37. The molecule has 8 nitrogen and oxygen atoms in total. The molecule has 0 radical (unpaired) electrons. The average Bonchev–Trinajstić information content (AvgIpc) is 3.49. The molecule has 1 aromatic carbocycles. The van der Waals surface area contributed by atoms with E-state index < -0.39 is 0 Å². The molecule has 1 atom stereocenters. The molecular weight excluding hydrogens is 356 g/mol. The standard InChI is InChI=1S/C20H22N6O2/c1-13-22-18(24-23-13)10-19(27)25-8-9-26(17(12-25)15-6-7-15)20(28)16-4-2-14(11-21)3-5-16/h2-5,15,17H,6-10,12H2,1H3,(H,22,23,24). The van der Waals surface area contributed by atoms with Gasteiger partial charge in [0.05, 0.1) is 24.1 Å². The summed E-state index contributed by atoms with van der Waals surface area (Å²) in [6, 6.07) is 8.84. The van der Waals surface area contributed by atoms with Crippen LogP contribution in [0.5, 0.6) is 0 Å². The summed E-state index contributed by atoms with van der Waals surface area (Å²) in [7, 11) is 0. The fourth-order valence-corrected chi connectivity index (χ4v) is 3.74. The van der Waals surface area contributed by atoms with Crippen molar-refractivity contribution in [3.8, 4) is 6.07 Å². The van der Waals surface area contributed by atoms with Crippen LogP contribution in [0, 0.1) is 24.2 Å². The number of carbonyl (C=O) groups is 2. The van der Waals surface area contributed by atoms with Gasteiger partial charge in [0.2, 0.25) is 5.91 Å². The first-order valence-corrected chi connectivity index (χ1v) is 9.52. The lowest BCUT2D eigenvalue weighted by atomic mass is 10.0. The molecule has 2 aromatic rings. The Morgan fingerprint density at radius 1 is 1.25 bits per heavy atom. The lowest BCUT2D eigenvalue weighted by Crippen LogP contribution is -2.57. The molecule has 28 heavy (non-hydrogen) atoms. The van der Waals surface area contributed by atoms with Gasteiger partial charge >= 0.3 is 0 Å². The summed E-state index contributed by atoms with van der Waals surface area (Å²) in [4.78, 5) is 33.6. The number of aryl methyl sites for hydroxylation is 1. The monoisotopic (exact) mass is 378 g/mol. The molecule has 1 unspecified atom stereocenters. The molecule has 1 aromatic heterocycles. The van der Waals surface area contributed by atoms with Crippen molar-refractivity contribution in [3.05, 3.63) is 47.0 Å². The van der Waals surface area contributed by atoms with E-state index in [1.807, 2.05) is 9.80 Å². The number of nitrogens with zero attached hydrogens (tertiary/aromatic N) is 5. The summed E-state index contributed by atoms with van der Waals surface area (Å²) in [5, 5.41) is 15.7. The molecule has 8 heteroatoms. The van der Waals surface area contributed by atoms with Gasteiger partial charge in [0.15, 0.2) is 5.82 Å². The molecule has 144 valence electrons. The third-order valence-electron chi connectivity index (χ3n) is 5.41. The van der Waals surface area contributed by atoms with Gasteiger partial charge in [-0.25, -0.2) is 4.98 Å². The van der Waals surface area contributed by atoms with Crippen LogP contribution in [-0.4, -0.2) is 62.5 Å². The number of amides is 2. The van der Waals surface area contributed by atoms with Crippen molar-refractivity contribution in [2.75, 3.05) is 19.6 Å². The summed E-state index contributed by atoms with van der Waals surface area (Å²) in [5.41, 5.74) is 1.12. The molecule has 2 heterocycles. The van der Waals surface area contributed by atoms with Gasteiger partial charge in [0.1, 0.15) is 5.82 Å².